The van der Waals surface area contributed by atoms with Crippen LogP contribution in [0.5, 0.6) is 0 Å². The molecule has 0 aromatic heterocycles. The maximum atomic E-state index is 3.49. The van der Waals surface area contributed by atoms with Crippen LogP contribution in [0, 0.1) is 0 Å². The predicted octanol–water partition coefficient (Wildman–Crippen LogP) is 5.56. The van der Waals surface area contributed by atoms with Crippen molar-refractivity contribution >= 4 is 21.6 Å². The maximum absolute atomic E-state index is 3.49. The van der Waals surface area contributed by atoms with E-state index in [0.717, 1.165) is 0 Å². The molecule has 0 N–H and O–H groups in total. The molecule has 2 heteroatoms. The lowest BCUT2D eigenvalue weighted by Gasteiger charge is -2.24. The molecule has 1 aliphatic heterocycles. The summed E-state index contributed by atoms with van der Waals surface area (Å²) >= 11 is 3.49. The molecule has 2 rings (SSSR count). The smallest absolute Gasteiger partial charge is 0.0402 e. The Hall–Kier alpha value is -0.500. The minimum Gasteiger partial charge on any atom is -0.368 e. The topological polar surface area (TPSA) is 3.24 Å². The highest BCUT2D eigenvalue weighted by Crippen LogP contribution is 2.31. The lowest BCUT2D eigenvalue weighted by molar-refractivity contribution is 0.572. The number of fused-ring (bicyclic) bond motifs is 1. The Balaban J connectivity index is 1.62. The maximum Gasteiger partial charge on any atom is 0.0402 e. The van der Waals surface area contributed by atoms with Gasteiger partial charge in [0.15, 0.2) is 0 Å². The molecule has 1 atom stereocenters. The van der Waals surface area contributed by atoms with Gasteiger partial charge in [-0.05, 0) is 37.8 Å². The number of anilines is 1. The van der Waals surface area contributed by atoms with Gasteiger partial charge in [-0.2, -0.15) is 0 Å². The van der Waals surface area contributed by atoms with Crippen LogP contribution in [0.3, 0.4) is 0 Å². The summed E-state index contributed by atoms with van der Waals surface area (Å²) in [5.74, 6) is 0. The van der Waals surface area contributed by atoms with Crippen LogP contribution in [-0.4, -0.2) is 17.9 Å². The molecule has 0 saturated carbocycles. The van der Waals surface area contributed by atoms with Crippen LogP contribution in [0.15, 0.2) is 24.3 Å². The van der Waals surface area contributed by atoms with E-state index in [9.17, 15) is 0 Å². The van der Waals surface area contributed by atoms with Crippen LogP contribution in [-0.2, 0) is 6.42 Å². The molecule has 1 aliphatic rings. The summed E-state index contributed by atoms with van der Waals surface area (Å²) in [5.41, 5.74) is 3.02. The number of rotatable bonds is 9. The molecule has 1 nitrogen and oxygen atoms in total. The zero-order valence-corrected chi connectivity index (χ0v) is 14.4. The largest absolute Gasteiger partial charge is 0.368 e. The van der Waals surface area contributed by atoms with Crippen molar-refractivity contribution in [2.45, 2.75) is 64.3 Å². The first-order valence-electron chi connectivity index (χ1n) is 8.23. The van der Waals surface area contributed by atoms with Gasteiger partial charge in [-0.25, -0.2) is 0 Å². The summed E-state index contributed by atoms with van der Waals surface area (Å²) in [6.07, 6.45) is 10.9. The second-order valence-corrected chi connectivity index (χ2v) is 6.83. The van der Waals surface area contributed by atoms with Crippen molar-refractivity contribution in [1.29, 1.82) is 0 Å². The van der Waals surface area contributed by atoms with Crippen LogP contribution in [0.1, 0.15) is 57.4 Å². The molecule has 0 amide bonds. The minimum atomic E-state index is 0.686. The Bertz CT molecular complexity index is 391. The minimum absolute atomic E-state index is 0.686. The summed E-state index contributed by atoms with van der Waals surface area (Å²) in [6.45, 7) is 3.60. The van der Waals surface area contributed by atoms with Gasteiger partial charge in [-0.1, -0.05) is 66.2 Å². The van der Waals surface area contributed by atoms with Crippen molar-refractivity contribution in [3.63, 3.8) is 0 Å². The lowest BCUT2D eigenvalue weighted by atomic mass is 10.1. The van der Waals surface area contributed by atoms with Gasteiger partial charge in [-0.15, -0.1) is 0 Å². The number of alkyl halides is 1. The second kappa shape index (κ2) is 8.71. The van der Waals surface area contributed by atoms with Crippen LogP contribution in [0.25, 0.3) is 0 Å². The van der Waals surface area contributed by atoms with Gasteiger partial charge in [0, 0.05) is 23.6 Å². The Morgan fingerprint density at radius 1 is 1.00 bits per heavy atom. The number of unbranched alkanes of at least 4 members (excludes halogenated alkanes) is 6. The number of benzene rings is 1. The highest BCUT2D eigenvalue weighted by atomic mass is 79.9. The van der Waals surface area contributed by atoms with E-state index in [1.807, 2.05) is 0 Å². The fraction of sp³-hybridized carbons (Fsp3) is 0.667. The molecule has 0 radical (unpaired) electrons. The Labute approximate surface area is 132 Å². The third-order valence-corrected chi connectivity index (χ3v) is 4.94. The van der Waals surface area contributed by atoms with E-state index in [2.05, 4.69) is 52.0 Å². The van der Waals surface area contributed by atoms with Crippen molar-refractivity contribution in [1.82, 2.24) is 0 Å². The molecule has 20 heavy (non-hydrogen) atoms. The van der Waals surface area contributed by atoms with E-state index < -0.39 is 0 Å². The highest BCUT2D eigenvalue weighted by molar-refractivity contribution is 9.09. The number of hydrogen-bond donors (Lipinski definition) is 0. The highest BCUT2D eigenvalue weighted by Gasteiger charge is 2.24. The van der Waals surface area contributed by atoms with E-state index in [1.165, 1.54) is 74.5 Å². The normalized spacial score (nSPS) is 17.5. The third kappa shape index (κ3) is 4.51. The average Bonchev–Trinajstić information content (AvgIpc) is 2.78. The molecule has 0 spiro atoms. The van der Waals surface area contributed by atoms with E-state index >= 15 is 0 Å². The fourth-order valence-electron chi connectivity index (χ4n) is 3.23. The molecular weight excluding hydrogens is 310 g/mol. The first-order chi connectivity index (χ1) is 9.83. The molecule has 112 valence electrons. The Morgan fingerprint density at radius 3 is 2.40 bits per heavy atom. The number of nitrogens with zero attached hydrogens (tertiary/aromatic N) is 1. The van der Waals surface area contributed by atoms with Crippen LogP contribution in [0.2, 0.25) is 0 Å². The van der Waals surface area contributed by atoms with Crippen LogP contribution < -0.4 is 4.90 Å². The van der Waals surface area contributed by atoms with Gasteiger partial charge < -0.3 is 4.90 Å². The lowest BCUT2D eigenvalue weighted by Crippen LogP contribution is -2.30. The molecule has 0 aliphatic carbocycles. The molecular formula is C18H28BrN. The van der Waals surface area contributed by atoms with Crippen molar-refractivity contribution in [3.8, 4) is 0 Å². The van der Waals surface area contributed by atoms with E-state index in [1.54, 1.807) is 0 Å². The monoisotopic (exact) mass is 337 g/mol. The Kier molecular flexibility index (Phi) is 6.92. The van der Waals surface area contributed by atoms with Gasteiger partial charge in [0.2, 0.25) is 0 Å². The third-order valence-electron chi connectivity index (χ3n) is 4.38. The molecule has 1 aromatic carbocycles. The fourth-order valence-corrected chi connectivity index (χ4v) is 3.63. The van der Waals surface area contributed by atoms with Crippen molar-refractivity contribution in [3.05, 3.63) is 29.8 Å². The summed E-state index contributed by atoms with van der Waals surface area (Å²) < 4.78 is 0. The Morgan fingerprint density at radius 2 is 1.65 bits per heavy atom. The summed E-state index contributed by atoms with van der Waals surface area (Å²) in [6, 6.07) is 9.61. The number of halogens is 1. The van der Waals surface area contributed by atoms with Gasteiger partial charge >= 0.3 is 0 Å². The summed E-state index contributed by atoms with van der Waals surface area (Å²) in [4.78, 5) is 2.61. The average molecular weight is 338 g/mol. The molecule has 0 fully saturated rings. The van der Waals surface area contributed by atoms with Crippen molar-refractivity contribution in [2.75, 3.05) is 16.8 Å². The first kappa shape index (κ1) is 15.9. The van der Waals surface area contributed by atoms with E-state index in [4.69, 9.17) is 0 Å². The van der Waals surface area contributed by atoms with Gasteiger partial charge in [-0.3, -0.25) is 0 Å². The summed E-state index contributed by atoms with van der Waals surface area (Å²) in [5, 5.41) is 1.17. The standard InChI is InChI=1S/C18H28BrN/c1-16-15-17-11-7-8-12-18(17)20(16)14-10-6-4-2-3-5-9-13-19/h7-8,11-12,16H,2-6,9-10,13-15H2,1H3. The second-order valence-electron chi connectivity index (χ2n) is 6.04. The molecule has 1 unspecified atom stereocenters. The van der Waals surface area contributed by atoms with Gasteiger partial charge in [0.1, 0.15) is 0 Å². The molecule has 1 heterocycles. The summed E-state index contributed by atoms with van der Waals surface area (Å²) in [7, 11) is 0. The van der Waals surface area contributed by atoms with Gasteiger partial charge in [0.25, 0.3) is 0 Å². The zero-order valence-electron chi connectivity index (χ0n) is 12.8. The van der Waals surface area contributed by atoms with E-state index in [0.29, 0.717) is 6.04 Å². The first-order valence-corrected chi connectivity index (χ1v) is 9.35. The van der Waals surface area contributed by atoms with Crippen molar-refractivity contribution < 1.29 is 0 Å². The van der Waals surface area contributed by atoms with Crippen molar-refractivity contribution in [2.24, 2.45) is 0 Å². The molecule has 0 bridgehead atoms. The SMILES string of the molecule is CC1Cc2ccccc2N1CCCCCCCCCBr. The molecule has 1 aromatic rings. The number of hydrogen-bond acceptors (Lipinski definition) is 1. The van der Waals surface area contributed by atoms with Gasteiger partial charge in [0.05, 0.1) is 0 Å². The zero-order chi connectivity index (χ0) is 14.2. The van der Waals surface area contributed by atoms with Crippen LogP contribution in [0.4, 0.5) is 5.69 Å². The van der Waals surface area contributed by atoms with E-state index in [-0.39, 0.29) is 0 Å². The number of para-hydroxylation sites is 1. The predicted molar refractivity (Wildman–Crippen MR) is 93.1 cm³/mol. The quantitative estimate of drug-likeness (QED) is 0.421. The molecule has 0 saturated heterocycles. The van der Waals surface area contributed by atoms with Crippen LogP contribution >= 0.6 is 15.9 Å².